The first-order valence-electron chi connectivity index (χ1n) is 12.1. The Kier molecular flexibility index (Phi) is 6.96. The summed E-state index contributed by atoms with van der Waals surface area (Å²) in [6.07, 6.45) is 5.58. The summed E-state index contributed by atoms with van der Waals surface area (Å²) in [6, 6.07) is 14.2. The van der Waals surface area contributed by atoms with E-state index >= 15 is 0 Å². The first kappa shape index (κ1) is 23.1. The van der Waals surface area contributed by atoms with Crippen LogP contribution in [0.2, 0.25) is 5.02 Å². The minimum Gasteiger partial charge on any atom is -0.490 e. The summed E-state index contributed by atoms with van der Waals surface area (Å²) < 4.78 is 17.7. The van der Waals surface area contributed by atoms with Crippen LogP contribution in [0.1, 0.15) is 61.3 Å². The van der Waals surface area contributed by atoms with E-state index in [0.29, 0.717) is 35.8 Å². The van der Waals surface area contributed by atoms with Crippen LogP contribution < -0.4 is 4.74 Å². The lowest BCUT2D eigenvalue weighted by molar-refractivity contribution is -0.113. The number of ether oxygens (including phenoxy) is 3. The topological polar surface area (TPSA) is 68.2 Å². The Labute approximate surface area is 200 Å². The molecule has 6 heteroatoms. The Hall–Kier alpha value is -1.63. The van der Waals surface area contributed by atoms with Gasteiger partial charge in [0.15, 0.2) is 0 Å². The maximum atomic E-state index is 10.1. The minimum absolute atomic E-state index is 0.0846. The van der Waals surface area contributed by atoms with Gasteiger partial charge in [0.1, 0.15) is 5.75 Å². The lowest BCUT2D eigenvalue weighted by Gasteiger charge is -2.49. The van der Waals surface area contributed by atoms with E-state index in [-0.39, 0.29) is 18.8 Å². The summed E-state index contributed by atoms with van der Waals surface area (Å²) in [7, 11) is 0. The summed E-state index contributed by atoms with van der Waals surface area (Å²) in [6.45, 7) is 1.69. The van der Waals surface area contributed by atoms with E-state index in [1.165, 1.54) is 0 Å². The van der Waals surface area contributed by atoms with Crippen molar-refractivity contribution in [2.24, 2.45) is 5.41 Å². The molecule has 2 aromatic rings. The first-order chi connectivity index (χ1) is 16.0. The fraction of sp³-hybridized carbons (Fsp3) is 0.556. The fourth-order valence-electron chi connectivity index (χ4n) is 5.55. The Morgan fingerprint density at radius 1 is 1.03 bits per heavy atom. The summed E-state index contributed by atoms with van der Waals surface area (Å²) in [5.74, 6) is 0.921. The van der Waals surface area contributed by atoms with E-state index < -0.39 is 6.10 Å². The average Bonchev–Trinajstić information content (AvgIpc) is 2.81. The number of hydrogen-bond donors (Lipinski definition) is 2. The number of rotatable bonds is 6. The maximum Gasteiger partial charge on any atom is 0.119 e. The molecule has 5 rings (SSSR count). The fourth-order valence-corrected chi connectivity index (χ4v) is 5.74. The predicted octanol–water partition coefficient (Wildman–Crippen LogP) is 4.84. The second-order valence-electron chi connectivity index (χ2n) is 9.99. The van der Waals surface area contributed by atoms with Gasteiger partial charge in [0, 0.05) is 31.1 Å². The smallest absolute Gasteiger partial charge is 0.119 e. The molecule has 3 unspecified atom stereocenters. The summed E-state index contributed by atoms with van der Waals surface area (Å²) in [5, 5.41) is 20.3. The Morgan fingerprint density at radius 3 is 2.52 bits per heavy atom. The van der Waals surface area contributed by atoms with Gasteiger partial charge in [0.25, 0.3) is 0 Å². The summed E-state index contributed by atoms with van der Waals surface area (Å²) in [5.41, 5.74) is 3.62. The van der Waals surface area contributed by atoms with Gasteiger partial charge in [0.05, 0.1) is 31.0 Å². The van der Waals surface area contributed by atoms with Gasteiger partial charge in [-0.1, -0.05) is 35.9 Å². The second-order valence-corrected chi connectivity index (χ2v) is 10.4. The van der Waals surface area contributed by atoms with Gasteiger partial charge in [-0.2, -0.15) is 0 Å². The first-order valence-corrected chi connectivity index (χ1v) is 12.5. The van der Waals surface area contributed by atoms with Crippen LogP contribution in [0.15, 0.2) is 42.5 Å². The molecule has 178 valence electrons. The lowest BCUT2D eigenvalue weighted by Crippen LogP contribution is -2.47. The van der Waals surface area contributed by atoms with Crippen molar-refractivity contribution in [3.05, 3.63) is 64.2 Å². The van der Waals surface area contributed by atoms with Crippen molar-refractivity contribution in [2.45, 2.75) is 69.4 Å². The second kappa shape index (κ2) is 9.93. The van der Waals surface area contributed by atoms with Crippen molar-refractivity contribution in [3.63, 3.8) is 0 Å². The summed E-state index contributed by atoms with van der Waals surface area (Å²) in [4.78, 5) is 0. The minimum atomic E-state index is -0.468. The third-order valence-electron chi connectivity index (χ3n) is 7.52. The molecule has 3 fully saturated rings. The Bertz CT molecular complexity index is 932. The monoisotopic (exact) mass is 472 g/mol. The van der Waals surface area contributed by atoms with E-state index in [9.17, 15) is 10.2 Å². The van der Waals surface area contributed by atoms with Crippen LogP contribution in [0.5, 0.6) is 5.75 Å². The van der Waals surface area contributed by atoms with Gasteiger partial charge in [-0.25, -0.2) is 0 Å². The van der Waals surface area contributed by atoms with E-state index in [1.54, 1.807) is 0 Å². The van der Waals surface area contributed by atoms with Crippen LogP contribution in [-0.2, 0) is 15.9 Å². The SMILES string of the molecule is OCC1CC(O)CC(c2ccc(Cl)c(Cc3ccc(OC4CC5(CCOCC5)C4)cc3)c2)O1. The van der Waals surface area contributed by atoms with Crippen LogP contribution in [0, 0.1) is 5.41 Å². The van der Waals surface area contributed by atoms with Gasteiger partial charge >= 0.3 is 0 Å². The Balaban J connectivity index is 1.20. The van der Waals surface area contributed by atoms with E-state index in [4.69, 9.17) is 25.8 Å². The Morgan fingerprint density at radius 2 is 1.79 bits per heavy atom. The van der Waals surface area contributed by atoms with E-state index in [0.717, 1.165) is 61.3 Å². The van der Waals surface area contributed by atoms with Crippen LogP contribution in [-0.4, -0.2) is 48.3 Å². The zero-order valence-corrected chi connectivity index (χ0v) is 19.7. The molecular weight excluding hydrogens is 440 g/mol. The molecule has 2 aromatic carbocycles. The van der Waals surface area contributed by atoms with Crippen LogP contribution in [0.3, 0.4) is 0 Å². The maximum absolute atomic E-state index is 10.1. The molecule has 33 heavy (non-hydrogen) atoms. The quantitative estimate of drug-likeness (QED) is 0.629. The number of aliphatic hydroxyl groups is 2. The molecule has 2 saturated heterocycles. The molecular formula is C27H33ClO5. The highest BCUT2D eigenvalue weighted by atomic mass is 35.5. The molecule has 3 aliphatic rings. The third kappa shape index (κ3) is 5.39. The van der Waals surface area contributed by atoms with Crippen molar-refractivity contribution in [2.75, 3.05) is 19.8 Å². The lowest BCUT2D eigenvalue weighted by atomic mass is 9.62. The van der Waals surface area contributed by atoms with Crippen molar-refractivity contribution in [3.8, 4) is 5.75 Å². The van der Waals surface area contributed by atoms with Crippen molar-refractivity contribution < 1.29 is 24.4 Å². The molecule has 1 saturated carbocycles. The molecule has 3 atom stereocenters. The van der Waals surface area contributed by atoms with Crippen molar-refractivity contribution >= 4 is 11.6 Å². The molecule has 1 spiro atoms. The molecule has 0 bridgehead atoms. The molecule has 0 amide bonds. The molecule has 5 nitrogen and oxygen atoms in total. The molecule has 2 heterocycles. The molecule has 1 aliphatic carbocycles. The number of hydrogen-bond acceptors (Lipinski definition) is 5. The molecule has 0 aromatic heterocycles. The molecule has 2 N–H and O–H groups in total. The zero-order valence-electron chi connectivity index (χ0n) is 18.9. The van der Waals surface area contributed by atoms with Crippen molar-refractivity contribution in [1.82, 2.24) is 0 Å². The number of benzene rings is 2. The van der Waals surface area contributed by atoms with E-state index in [1.807, 2.05) is 12.1 Å². The number of halogens is 1. The predicted molar refractivity (Wildman–Crippen MR) is 127 cm³/mol. The standard InChI is InChI=1S/C27H33ClO5/c28-25-6-3-19(26-14-21(30)13-23(17-29)33-26)12-20(25)11-18-1-4-22(5-2-18)32-24-15-27(16-24)7-9-31-10-8-27/h1-6,12,21,23-24,26,29-30H,7-11,13-17H2. The zero-order chi connectivity index (χ0) is 22.8. The van der Waals surface area contributed by atoms with Gasteiger partial charge in [0.2, 0.25) is 0 Å². The van der Waals surface area contributed by atoms with Gasteiger partial charge in [-0.15, -0.1) is 0 Å². The number of aliphatic hydroxyl groups excluding tert-OH is 2. The largest absolute Gasteiger partial charge is 0.490 e. The highest BCUT2D eigenvalue weighted by molar-refractivity contribution is 6.31. The van der Waals surface area contributed by atoms with Gasteiger partial charge in [-0.05, 0) is 72.4 Å². The molecule has 2 aliphatic heterocycles. The van der Waals surface area contributed by atoms with Crippen molar-refractivity contribution in [1.29, 1.82) is 0 Å². The highest BCUT2D eigenvalue weighted by Gasteiger charge is 2.46. The average molecular weight is 473 g/mol. The van der Waals surface area contributed by atoms with Gasteiger partial charge < -0.3 is 24.4 Å². The third-order valence-corrected chi connectivity index (χ3v) is 7.89. The van der Waals surface area contributed by atoms with Crippen LogP contribution >= 0.6 is 11.6 Å². The van der Waals surface area contributed by atoms with Gasteiger partial charge in [-0.3, -0.25) is 0 Å². The van der Waals surface area contributed by atoms with Crippen LogP contribution in [0.4, 0.5) is 0 Å². The summed E-state index contributed by atoms with van der Waals surface area (Å²) >= 11 is 6.50. The van der Waals surface area contributed by atoms with Crippen LogP contribution in [0.25, 0.3) is 0 Å². The van der Waals surface area contributed by atoms with E-state index in [2.05, 4.69) is 30.3 Å². The highest BCUT2D eigenvalue weighted by Crippen LogP contribution is 2.50. The normalized spacial score (nSPS) is 27.3. The molecule has 0 radical (unpaired) electrons.